The monoisotopic (exact) mass is 352 g/mol. The molecule has 3 rings (SSSR count). The van der Waals surface area contributed by atoms with Gasteiger partial charge in [-0.2, -0.15) is 0 Å². The van der Waals surface area contributed by atoms with Gasteiger partial charge in [-0.05, 0) is 24.6 Å². The first-order valence-corrected chi connectivity index (χ1v) is 7.41. The van der Waals surface area contributed by atoms with E-state index in [0.29, 0.717) is 10.9 Å². The second-order valence-electron chi connectivity index (χ2n) is 5.76. The molecular weight excluding hydrogens is 336 g/mol. The van der Waals surface area contributed by atoms with Crippen molar-refractivity contribution in [3.63, 3.8) is 0 Å². The molecule has 1 aliphatic heterocycles. The van der Waals surface area contributed by atoms with E-state index >= 15 is 0 Å². The van der Waals surface area contributed by atoms with Crippen LogP contribution in [0.2, 0.25) is 0 Å². The minimum absolute atomic E-state index is 0.123. The van der Waals surface area contributed by atoms with Crippen molar-refractivity contribution >= 4 is 16.9 Å². The second kappa shape index (κ2) is 6.45. The molecule has 0 aliphatic carbocycles. The summed E-state index contributed by atoms with van der Waals surface area (Å²) in [7, 11) is 0. The number of fused-ring (bicyclic) bond motifs is 1. The number of benzene rings is 1. The van der Waals surface area contributed by atoms with Gasteiger partial charge in [-0.15, -0.1) is 0 Å². The smallest absolute Gasteiger partial charge is 0.336 e. The molecule has 1 aromatic heterocycles. The van der Waals surface area contributed by atoms with E-state index in [9.17, 15) is 24.9 Å². The van der Waals surface area contributed by atoms with Crippen molar-refractivity contribution in [3.8, 4) is 5.75 Å². The van der Waals surface area contributed by atoms with Gasteiger partial charge in [0.25, 0.3) is 0 Å². The lowest BCUT2D eigenvalue weighted by atomic mass is 9.99. The highest BCUT2D eigenvalue weighted by atomic mass is 16.7. The molecule has 0 bridgehead atoms. The third-order valence-electron chi connectivity index (χ3n) is 3.99. The Morgan fingerprint density at radius 2 is 1.84 bits per heavy atom. The average Bonchev–Trinajstić information content (AvgIpc) is 2.54. The van der Waals surface area contributed by atoms with Gasteiger partial charge in [0.05, 0.1) is 0 Å². The van der Waals surface area contributed by atoms with Crippen molar-refractivity contribution in [2.45, 2.75) is 37.6 Å². The zero-order valence-electron chi connectivity index (χ0n) is 13.0. The first-order chi connectivity index (χ1) is 11.8. The van der Waals surface area contributed by atoms with E-state index in [2.05, 4.69) is 0 Å². The van der Waals surface area contributed by atoms with Crippen LogP contribution in [-0.4, -0.2) is 57.1 Å². The fourth-order valence-corrected chi connectivity index (χ4v) is 2.66. The highest BCUT2D eigenvalue weighted by Crippen LogP contribution is 2.27. The van der Waals surface area contributed by atoms with E-state index < -0.39 is 42.3 Å². The van der Waals surface area contributed by atoms with E-state index in [4.69, 9.17) is 19.0 Å². The second-order valence-corrected chi connectivity index (χ2v) is 5.76. The van der Waals surface area contributed by atoms with Crippen LogP contribution in [0.4, 0.5) is 0 Å². The van der Waals surface area contributed by atoms with Gasteiger partial charge in [0, 0.05) is 17.5 Å². The molecule has 0 unspecified atom stereocenters. The van der Waals surface area contributed by atoms with Gasteiger partial charge in [0.2, 0.25) is 6.29 Å². The quantitative estimate of drug-likeness (QED) is 0.530. The summed E-state index contributed by atoms with van der Waals surface area (Å²) in [5.74, 6) is -1.38. The van der Waals surface area contributed by atoms with Crippen LogP contribution in [-0.2, 0) is 9.53 Å². The van der Waals surface area contributed by atoms with Crippen LogP contribution in [0.5, 0.6) is 5.75 Å². The number of carbonyl (C=O) groups is 1. The molecule has 9 nitrogen and oxygen atoms in total. The van der Waals surface area contributed by atoms with Crippen molar-refractivity contribution in [2.24, 2.45) is 0 Å². The van der Waals surface area contributed by atoms with E-state index in [0.717, 1.165) is 0 Å². The third kappa shape index (κ3) is 3.22. The largest absolute Gasteiger partial charge is 0.479 e. The lowest BCUT2D eigenvalue weighted by Crippen LogP contribution is -2.61. The Morgan fingerprint density at radius 3 is 2.52 bits per heavy atom. The number of hydrogen-bond donors (Lipinski definition) is 4. The number of carboxylic acid groups (broad SMARTS) is 1. The number of aliphatic hydroxyl groups is 3. The highest BCUT2D eigenvalue weighted by Gasteiger charge is 2.48. The molecule has 4 N–H and O–H groups in total. The zero-order chi connectivity index (χ0) is 18.3. The maximum absolute atomic E-state index is 11.5. The Balaban J connectivity index is 1.89. The number of ether oxygens (including phenoxy) is 2. The molecule has 134 valence electrons. The van der Waals surface area contributed by atoms with E-state index in [1.54, 1.807) is 13.0 Å². The molecule has 0 saturated carbocycles. The molecule has 2 heterocycles. The summed E-state index contributed by atoms with van der Waals surface area (Å²) in [6.07, 6.45) is -8.53. The maximum atomic E-state index is 11.5. The van der Waals surface area contributed by atoms with Gasteiger partial charge >= 0.3 is 11.6 Å². The summed E-state index contributed by atoms with van der Waals surface area (Å²) in [4.78, 5) is 22.5. The van der Waals surface area contributed by atoms with Crippen LogP contribution >= 0.6 is 0 Å². The number of aryl methyl sites for hydroxylation is 1. The number of carboxylic acids is 1. The number of aliphatic carboxylic acids is 1. The van der Waals surface area contributed by atoms with Gasteiger partial charge in [-0.3, -0.25) is 0 Å². The van der Waals surface area contributed by atoms with Crippen LogP contribution in [0, 0.1) is 6.92 Å². The Labute approximate surface area is 140 Å². The van der Waals surface area contributed by atoms with Crippen molar-refractivity contribution in [1.29, 1.82) is 0 Å². The number of hydrogen-bond acceptors (Lipinski definition) is 8. The molecule has 0 radical (unpaired) electrons. The molecule has 0 spiro atoms. The minimum Gasteiger partial charge on any atom is -0.479 e. The number of aliphatic hydroxyl groups excluding tert-OH is 3. The predicted octanol–water partition coefficient (Wildman–Crippen LogP) is -0.628. The SMILES string of the molecule is Cc1cc(=O)oc2cc(O[C@@H]3O[C@@H](C(=O)O)[C@H](O)[C@H](O)[C@H]3O)ccc12. The minimum atomic E-state index is -1.80. The first kappa shape index (κ1) is 17.4. The van der Waals surface area contributed by atoms with Crippen molar-refractivity contribution in [2.75, 3.05) is 0 Å². The summed E-state index contributed by atoms with van der Waals surface area (Å²) >= 11 is 0. The summed E-state index contributed by atoms with van der Waals surface area (Å²) < 4.78 is 15.5. The summed E-state index contributed by atoms with van der Waals surface area (Å²) in [6.45, 7) is 1.74. The molecule has 5 atom stereocenters. The Hall–Kier alpha value is -2.46. The predicted molar refractivity (Wildman–Crippen MR) is 82.2 cm³/mol. The average molecular weight is 352 g/mol. The van der Waals surface area contributed by atoms with Crippen molar-refractivity contribution < 1.29 is 39.1 Å². The Morgan fingerprint density at radius 1 is 1.12 bits per heavy atom. The molecule has 25 heavy (non-hydrogen) atoms. The van der Waals surface area contributed by atoms with Crippen molar-refractivity contribution in [3.05, 3.63) is 40.2 Å². The van der Waals surface area contributed by atoms with Gasteiger partial charge in [-0.1, -0.05) is 0 Å². The van der Waals surface area contributed by atoms with Crippen LogP contribution in [0.3, 0.4) is 0 Å². The third-order valence-corrected chi connectivity index (χ3v) is 3.99. The number of rotatable bonds is 3. The maximum Gasteiger partial charge on any atom is 0.336 e. The van der Waals surface area contributed by atoms with Crippen LogP contribution in [0.25, 0.3) is 11.0 Å². The molecule has 1 aromatic carbocycles. The standard InChI is InChI=1S/C16H16O9/c1-6-4-10(17)24-9-5-7(2-3-8(6)9)23-16-13(20)11(18)12(19)14(25-16)15(21)22/h2-5,11-14,16,18-20H,1H3,(H,21,22)/t11-,12+,13+,14+,16+/m0/s1. The topological polar surface area (TPSA) is 147 Å². The van der Waals surface area contributed by atoms with Crippen molar-refractivity contribution in [1.82, 2.24) is 0 Å². The van der Waals surface area contributed by atoms with Gasteiger partial charge in [0.1, 0.15) is 29.6 Å². The van der Waals surface area contributed by atoms with E-state index in [-0.39, 0.29) is 11.3 Å². The summed E-state index contributed by atoms with van der Waals surface area (Å²) in [5, 5.41) is 39.1. The fraction of sp³-hybridized carbons (Fsp3) is 0.375. The molecule has 0 amide bonds. The van der Waals surface area contributed by atoms with Crippen LogP contribution in [0.1, 0.15) is 5.56 Å². The Bertz CT molecular complexity index is 858. The van der Waals surface area contributed by atoms with E-state index in [1.807, 2.05) is 0 Å². The molecule has 1 saturated heterocycles. The summed E-state index contributed by atoms with van der Waals surface area (Å²) in [5.41, 5.74) is 0.403. The Kier molecular flexibility index (Phi) is 4.48. The molecule has 9 heteroatoms. The lowest BCUT2D eigenvalue weighted by molar-refractivity contribution is -0.271. The lowest BCUT2D eigenvalue weighted by Gasteiger charge is -2.38. The molecule has 1 fully saturated rings. The fourth-order valence-electron chi connectivity index (χ4n) is 2.66. The highest BCUT2D eigenvalue weighted by molar-refractivity contribution is 5.81. The molecule has 1 aliphatic rings. The van der Waals surface area contributed by atoms with E-state index in [1.165, 1.54) is 18.2 Å². The molecule has 2 aromatic rings. The normalized spacial score (nSPS) is 29.5. The zero-order valence-corrected chi connectivity index (χ0v) is 13.0. The summed E-state index contributed by atoms with van der Waals surface area (Å²) in [6, 6.07) is 5.86. The van der Waals surface area contributed by atoms with Crippen LogP contribution in [0.15, 0.2) is 33.5 Å². The first-order valence-electron chi connectivity index (χ1n) is 7.41. The van der Waals surface area contributed by atoms with Gasteiger partial charge in [0.15, 0.2) is 6.10 Å². The van der Waals surface area contributed by atoms with Gasteiger partial charge in [-0.25, -0.2) is 9.59 Å². The van der Waals surface area contributed by atoms with Crippen LogP contribution < -0.4 is 10.4 Å². The van der Waals surface area contributed by atoms with Gasteiger partial charge < -0.3 is 34.3 Å². The molecular formula is C16H16O9.